The summed E-state index contributed by atoms with van der Waals surface area (Å²) in [6, 6.07) is 9.38. The van der Waals surface area contributed by atoms with Crippen LogP contribution in [0.25, 0.3) is 5.57 Å². The first-order valence-electron chi connectivity index (χ1n) is 6.52. The van der Waals surface area contributed by atoms with Gasteiger partial charge in [0.2, 0.25) is 0 Å². The van der Waals surface area contributed by atoms with Crippen LogP contribution in [0.3, 0.4) is 0 Å². The monoisotopic (exact) mass is 229 g/mol. The highest BCUT2D eigenvalue weighted by molar-refractivity contribution is 5.66. The van der Waals surface area contributed by atoms with E-state index in [0.29, 0.717) is 6.04 Å². The van der Waals surface area contributed by atoms with Gasteiger partial charge in [-0.2, -0.15) is 0 Å². The SMILES string of the molecule is CC(C)(C)c1ccc(C2=CCC(N)CC2)cc1. The van der Waals surface area contributed by atoms with E-state index in [0.717, 1.165) is 19.3 Å². The Kier molecular flexibility index (Phi) is 3.39. The predicted molar refractivity (Wildman–Crippen MR) is 74.9 cm³/mol. The minimum absolute atomic E-state index is 0.238. The van der Waals surface area contributed by atoms with Crippen LogP contribution in [0.2, 0.25) is 0 Å². The molecule has 1 aromatic rings. The van der Waals surface area contributed by atoms with Gasteiger partial charge in [0.05, 0.1) is 0 Å². The minimum atomic E-state index is 0.238. The number of hydrogen-bond acceptors (Lipinski definition) is 1. The van der Waals surface area contributed by atoms with Crippen molar-refractivity contribution in [3.8, 4) is 0 Å². The normalized spacial score (nSPS) is 21.2. The molecule has 1 atom stereocenters. The molecule has 1 unspecified atom stereocenters. The fourth-order valence-corrected chi connectivity index (χ4v) is 2.30. The molecule has 0 spiro atoms. The molecule has 1 aliphatic carbocycles. The molecule has 1 nitrogen and oxygen atoms in total. The van der Waals surface area contributed by atoms with E-state index in [2.05, 4.69) is 51.1 Å². The Labute approximate surface area is 105 Å². The van der Waals surface area contributed by atoms with E-state index in [-0.39, 0.29) is 5.41 Å². The Bertz CT molecular complexity index is 406. The molecular formula is C16H23N. The van der Waals surface area contributed by atoms with Crippen molar-refractivity contribution in [3.05, 3.63) is 41.5 Å². The lowest BCUT2D eigenvalue weighted by Gasteiger charge is -2.21. The average Bonchev–Trinajstić information content (AvgIpc) is 2.29. The van der Waals surface area contributed by atoms with Crippen molar-refractivity contribution in [1.82, 2.24) is 0 Å². The third-order valence-electron chi connectivity index (χ3n) is 3.57. The zero-order valence-corrected chi connectivity index (χ0v) is 11.2. The molecule has 2 rings (SSSR count). The van der Waals surface area contributed by atoms with E-state index in [1.54, 1.807) is 0 Å². The second-order valence-corrected chi connectivity index (χ2v) is 6.09. The van der Waals surface area contributed by atoms with Gasteiger partial charge in [0.15, 0.2) is 0 Å². The molecular weight excluding hydrogens is 206 g/mol. The van der Waals surface area contributed by atoms with Gasteiger partial charge in [0.25, 0.3) is 0 Å². The molecule has 0 aromatic heterocycles. The van der Waals surface area contributed by atoms with Crippen LogP contribution >= 0.6 is 0 Å². The molecule has 92 valence electrons. The lowest BCUT2D eigenvalue weighted by molar-refractivity contribution is 0.590. The van der Waals surface area contributed by atoms with Gasteiger partial charge in [0, 0.05) is 6.04 Å². The van der Waals surface area contributed by atoms with Crippen molar-refractivity contribution in [3.63, 3.8) is 0 Å². The maximum absolute atomic E-state index is 5.91. The van der Waals surface area contributed by atoms with Crippen molar-refractivity contribution in [2.75, 3.05) is 0 Å². The molecule has 0 bridgehead atoms. The maximum atomic E-state index is 5.91. The summed E-state index contributed by atoms with van der Waals surface area (Å²) in [6.45, 7) is 6.75. The Morgan fingerprint density at radius 3 is 2.24 bits per heavy atom. The highest BCUT2D eigenvalue weighted by Gasteiger charge is 2.15. The molecule has 0 aliphatic heterocycles. The largest absolute Gasteiger partial charge is 0.327 e. The first-order chi connectivity index (χ1) is 7.97. The number of benzene rings is 1. The van der Waals surface area contributed by atoms with E-state index in [9.17, 15) is 0 Å². The van der Waals surface area contributed by atoms with Gasteiger partial charge in [-0.3, -0.25) is 0 Å². The van der Waals surface area contributed by atoms with Gasteiger partial charge >= 0.3 is 0 Å². The topological polar surface area (TPSA) is 26.0 Å². The minimum Gasteiger partial charge on any atom is -0.327 e. The second kappa shape index (κ2) is 4.66. The number of rotatable bonds is 1. The summed E-state index contributed by atoms with van der Waals surface area (Å²) in [5.74, 6) is 0. The summed E-state index contributed by atoms with van der Waals surface area (Å²) in [5, 5.41) is 0. The van der Waals surface area contributed by atoms with Gasteiger partial charge in [-0.15, -0.1) is 0 Å². The predicted octanol–water partition coefficient (Wildman–Crippen LogP) is 3.88. The summed E-state index contributed by atoms with van der Waals surface area (Å²) >= 11 is 0. The molecule has 1 heteroatoms. The summed E-state index contributed by atoms with van der Waals surface area (Å²) in [7, 11) is 0. The third-order valence-corrected chi connectivity index (χ3v) is 3.57. The van der Waals surface area contributed by atoms with Gasteiger partial charge in [-0.05, 0) is 41.4 Å². The van der Waals surface area contributed by atoms with E-state index in [1.165, 1.54) is 16.7 Å². The molecule has 0 heterocycles. The smallest absolute Gasteiger partial charge is 0.00767 e. The van der Waals surface area contributed by atoms with Crippen LogP contribution in [-0.4, -0.2) is 6.04 Å². The molecule has 2 N–H and O–H groups in total. The van der Waals surface area contributed by atoms with Crippen LogP contribution in [-0.2, 0) is 5.41 Å². The van der Waals surface area contributed by atoms with Crippen LogP contribution in [0, 0.1) is 0 Å². The zero-order valence-electron chi connectivity index (χ0n) is 11.2. The highest BCUT2D eigenvalue weighted by atomic mass is 14.6. The molecule has 0 saturated carbocycles. The Balaban J connectivity index is 2.19. The van der Waals surface area contributed by atoms with E-state index < -0.39 is 0 Å². The summed E-state index contributed by atoms with van der Waals surface area (Å²) in [4.78, 5) is 0. The third kappa shape index (κ3) is 2.98. The lowest BCUT2D eigenvalue weighted by Crippen LogP contribution is -2.21. The number of nitrogens with two attached hydrogens (primary N) is 1. The van der Waals surface area contributed by atoms with Crippen LogP contribution in [0.5, 0.6) is 0 Å². The van der Waals surface area contributed by atoms with E-state index in [1.807, 2.05) is 0 Å². The van der Waals surface area contributed by atoms with E-state index >= 15 is 0 Å². The average molecular weight is 229 g/mol. The van der Waals surface area contributed by atoms with Gasteiger partial charge < -0.3 is 5.73 Å². The number of allylic oxidation sites excluding steroid dienone is 1. The molecule has 0 radical (unpaired) electrons. The molecule has 0 amide bonds. The molecule has 0 saturated heterocycles. The van der Waals surface area contributed by atoms with Crippen molar-refractivity contribution in [1.29, 1.82) is 0 Å². The van der Waals surface area contributed by atoms with Crippen LogP contribution in [0.15, 0.2) is 30.3 Å². The Morgan fingerprint density at radius 1 is 1.12 bits per heavy atom. The lowest BCUT2D eigenvalue weighted by atomic mass is 9.85. The Morgan fingerprint density at radius 2 is 1.76 bits per heavy atom. The van der Waals surface area contributed by atoms with Crippen molar-refractivity contribution >= 4 is 5.57 Å². The maximum Gasteiger partial charge on any atom is 0.00767 e. The standard InChI is InChI=1S/C16H23N/c1-16(2,3)14-8-4-12(5-9-14)13-6-10-15(17)11-7-13/h4-6,8-9,15H,7,10-11,17H2,1-3H3. The Hall–Kier alpha value is -1.08. The summed E-state index contributed by atoms with van der Waals surface area (Å²) in [6.07, 6.45) is 5.57. The second-order valence-electron chi connectivity index (χ2n) is 6.09. The fraction of sp³-hybridized carbons (Fsp3) is 0.500. The quantitative estimate of drug-likeness (QED) is 0.777. The highest BCUT2D eigenvalue weighted by Crippen LogP contribution is 2.28. The molecule has 1 aromatic carbocycles. The van der Waals surface area contributed by atoms with Gasteiger partial charge in [0.1, 0.15) is 0 Å². The van der Waals surface area contributed by atoms with Crippen molar-refractivity contribution < 1.29 is 0 Å². The van der Waals surface area contributed by atoms with Crippen LogP contribution in [0.4, 0.5) is 0 Å². The zero-order chi connectivity index (χ0) is 12.5. The van der Waals surface area contributed by atoms with Crippen molar-refractivity contribution in [2.24, 2.45) is 5.73 Å². The molecule has 0 fully saturated rings. The van der Waals surface area contributed by atoms with Crippen LogP contribution < -0.4 is 5.73 Å². The molecule has 1 aliphatic rings. The molecule has 17 heavy (non-hydrogen) atoms. The summed E-state index contributed by atoms with van der Waals surface area (Å²) < 4.78 is 0. The first kappa shape index (κ1) is 12.4. The van der Waals surface area contributed by atoms with Gasteiger partial charge in [-0.25, -0.2) is 0 Å². The van der Waals surface area contributed by atoms with E-state index in [4.69, 9.17) is 5.73 Å². The number of hydrogen-bond donors (Lipinski definition) is 1. The fourth-order valence-electron chi connectivity index (χ4n) is 2.30. The van der Waals surface area contributed by atoms with Crippen molar-refractivity contribution in [2.45, 2.75) is 51.5 Å². The van der Waals surface area contributed by atoms with Gasteiger partial charge in [-0.1, -0.05) is 51.1 Å². The van der Waals surface area contributed by atoms with Crippen LogP contribution in [0.1, 0.15) is 51.2 Å². The first-order valence-corrected chi connectivity index (χ1v) is 6.52. The summed E-state index contributed by atoms with van der Waals surface area (Å²) in [5.41, 5.74) is 10.4.